The van der Waals surface area contributed by atoms with Crippen LogP contribution < -0.4 is 0 Å². The second-order valence-corrected chi connectivity index (χ2v) is 10.5. The topological polar surface area (TPSA) is 53.2 Å². The molecular formula is C33H51N3O. The smallest absolute Gasteiger partial charge is 0.147 e. The number of nitrogens with one attached hydrogen (secondary N) is 2. The van der Waals surface area contributed by atoms with Crippen molar-refractivity contribution in [1.82, 2.24) is 9.97 Å². The SMILES string of the molecule is CCCCCCCCCCCc1cc(C=C2N=C(c3ccc[nH]3)C=C2OCC)[nH]c1CCCCCCC. The Morgan fingerprint density at radius 3 is 2.08 bits per heavy atom. The molecule has 0 fully saturated rings. The van der Waals surface area contributed by atoms with E-state index in [-0.39, 0.29) is 0 Å². The summed E-state index contributed by atoms with van der Waals surface area (Å²) >= 11 is 0. The molecule has 0 radical (unpaired) electrons. The predicted molar refractivity (Wildman–Crippen MR) is 159 cm³/mol. The van der Waals surface area contributed by atoms with Crippen LogP contribution in [0.25, 0.3) is 6.08 Å². The second-order valence-electron chi connectivity index (χ2n) is 10.5. The lowest BCUT2D eigenvalue weighted by Gasteiger charge is -2.05. The third kappa shape index (κ3) is 10.1. The Bertz CT molecular complexity index is 977. The molecule has 1 aliphatic heterocycles. The zero-order chi connectivity index (χ0) is 26.1. The van der Waals surface area contributed by atoms with E-state index >= 15 is 0 Å². The van der Waals surface area contributed by atoms with Gasteiger partial charge in [-0.25, -0.2) is 4.99 Å². The summed E-state index contributed by atoms with van der Waals surface area (Å²) in [6, 6.07) is 6.42. The molecule has 0 aromatic carbocycles. The van der Waals surface area contributed by atoms with Gasteiger partial charge in [-0.3, -0.25) is 0 Å². The number of unbranched alkanes of at least 4 members (excludes halogenated alkanes) is 12. The molecule has 0 atom stereocenters. The molecule has 0 aliphatic carbocycles. The van der Waals surface area contributed by atoms with Crippen molar-refractivity contribution in [3.05, 3.63) is 64.6 Å². The maximum Gasteiger partial charge on any atom is 0.147 e. The first-order chi connectivity index (χ1) is 18.2. The van der Waals surface area contributed by atoms with Crippen molar-refractivity contribution in [3.63, 3.8) is 0 Å². The van der Waals surface area contributed by atoms with Gasteiger partial charge in [0, 0.05) is 23.7 Å². The molecule has 0 spiro atoms. The van der Waals surface area contributed by atoms with Crippen LogP contribution in [-0.4, -0.2) is 22.3 Å². The Kier molecular flexibility index (Phi) is 13.4. The molecule has 2 N–H and O–H groups in total. The van der Waals surface area contributed by atoms with Gasteiger partial charge in [0.2, 0.25) is 0 Å². The summed E-state index contributed by atoms with van der Waals surface area (Å²) in [5.41, 5.74) is 6.92. The Hall–Kier alpha value is -2.49. The molecule has 4 heteroatoms. The largest absolute Gasteiger partial charge is 0.492 e. The Morgan fingerprint density at radius 1 is 0.811 bits per heavy atom. The van der Waals surface area contributed by atoms with Crippen LogP contribution in [0.5, 0.6) is 0 Å². The van der Waals surface area contributed by atoms with Crippen LogP contribution in [0.2, 0.25) is 0 Å². The number of H-pyrrole nitrogens is 2. The zero-order valence-corrected chi connectivity index (χ0v) is 23.8. The number of hydrogen-bond acceptors (Lipinski definition) is 2. The molecule has 0 amide bonds. The lowest BCUT2D eigenvalue weighted by atomic mass is 10.0. The van der Waals surface area contributed by atoms with Crippen LogP contribution in [0, 0.1) is 0 Å². The third-order valence-corrected chi connectivity index (χ3v) is 7.32. The number of hydrogen-bond donors (Lipinski definition) is 2. The van der Waals surface area contributed by atoms with Crippen LogP contribution >= 0.6 is 0 Å². The van der Waals surface area contributed by atoms with Gasteiger partial charge >= 0.3 is 0 Å². The van der Waals surface area contributed by atoms with E-state index in [0.29, 0.717) is 6.61 Å². The number of aliphatic imine (C=N–C) groups is 1. The van der Waals surface area contributed by atoms with Crippen LogP contribution in [0.1, 0.15) is 133 Å². The molecule has 0 unspecified atom stereocenters. The number of ether oxygens (including phenoxy) is 1. The van der Waals surface area contributed by atoms with Gasteiger partial charge in [-0.05, 0) is 62.4 Å². The van der Waals surface area contributed by atoms with Gasteiger partial charge in [0.1, 0.15) is 11.5 Å². The number of allylic oxidation sites excluding steroid dienone is 1. The molecule has 4 nitrogen and oxygen atoms in total. The summed E-state index contributed by atoms with van der Waals surface area (Å²) in [5, 5.41) is 0. The standard InChI is InChI=1S/C33H51N3O/c1-4-7-9-11-12-13-14-16-17-20-27-24-28(35-29(27)21-18-15-10-8-5-2)25-32-33(37-6-3)26-31(36-32)30-22-19-23-34-30/h19,22-26,34-35H,4-18,20-21H2,1-3H3. The van der Waals surface area contributed by atoms with Crippen molar-refractivity contribution < 1.29 is 4.74 Å². The summed E-state index contributed by atoms with van der Waals surface area (Å²) in [6.45, 7) is 7.23. The van der Waals surface area contributed by atoms with Crippen molar-refractivity contribution in [3.8, 4) is 0 Å². The molecule has 0 saturated carbocycles. The maximum absolute atomic E-state index is 5.94. The van der Waals surface area contributed by atoms with Gasteiger partial charge in [-0.1, -0.05) is 90.9 Å². The number of aryl methyl sites for hydroxylation is 2. The average molecular weight is 506 g/mol. The lowest BCUT2D eigenvalue weighted by Crippen LogP contribution is -1.94. The highest BCUT2D eigenvalue weighted by atomic mass is 16.5. The minimum atomic E-state index is 0.633. The molecule has 37 heavy (non-hydrogen) atoms. The van der Waals surface area contributed by atoms with E-state index in [1.807, 2.05) is 25.3 Å². The lowest BCUT2D eigenvalue weighted by molar-refractivity contribution is 0.239. The summed E-state index contributed by atoms with van der Waals surface area (Å²) in [4.78, 5) is 11.9. The zero-order valence-electron chi connectivity index (χ0n) is 23.8. The Morgan fingerprint density at radius 2 is 1.46 bits per heavy atom. The molecule has 2 aromatic rings. The highest BCUT2D eigenvalue weighted by molar-refractivity contribution is 6.11. The Balaban J connectivity index is 1.63. The van der Waals surface area contributed by atoms with Gasteiger partial charge < -0.3 is 14.7 Å². The monoisotopic (exact) mass is 505 g/mol. The fraction of sp³-hybridized carbons (Fsp3) is 0.606. The van der Waals surface area contributed by atoms with Gasteiger partial charge in [-0.15, -0.1) is 0 Å². The third-order valence-electron chi connectivity index (χ3n) is 7.32. The van der Waals surface area contributed by atoms with Gasteiger partial charge in [0.25, 0.3) is 0 Å². The molecule has 2 aromatic heterocycles. The van der Waals surface area contributed by atoms with E-state index in [9.17, 15) is 0 Å². The van der Waals surface area contributed by atoms with Crippen molar-refractivity contribution >= 4 is 11.8 Å². The summed E-state index contributed by atoms with van der Waals surface area (Å²) in [7, 11) is 0. The minimum absolute atomic E-state index is 0.633. The normalized spacial score (nSPS) is 14.4. The quantitative estimate of drug-likeness (QED) is 0.173. The molecule has 3 heterocycles. The molecule has 0 saturated heterocycles. The summed E-state index contributed by atoms with van der Waals surface area (Å²) < 4.78 is 5.94. The van der Waals surface area contributed by atoms with Crippen molar-refractivity contribution in [2.75, 3.05) is 6.61 Å². The molecule has 0 bridgehead atoms. The fourth-order valence-corrected chi connectivity index (χ4v) is 5.19. The number of aromatic nitrogens is 2. The molecule has 3 rings (SSSR count). The van der Waals surface area contributed by atoms with E-state index < -0.39 is 0 Å². The average Bonchev–Trinajstić information content (AvgIpc) is 3.64. The first-order valence-electron chi connectivity index (χ1n) is 15.2. The molecule has 204 valence electrons. The van der Waals surface area contributed by atoms with Crippen LogP contribution in [0.15, 0.2) is 46.9 Å². The molecule has 1 aliphatic rings. The second kappa shape index (κ2) is 17.1. The van der Waals surface area contributed by atoms with Gasteiger partial charge in [0.15, 0.2) is 0 Å². The summed E-state index contributed by atoms with van der Waals surface area (Å²) in [5.74, 6) is 0.850. The van der Waals surface area contributed by atoms with Gasteiger partial charge in [0.05, 0.1) is 18.0 Å². The van der Waals surface area contributed by atoms with E-state index in [2.05, 4.69) is 42.0 Å². The van der Waals surface area contributed by atoms with Crippen LogP contribution in [-0.2, 0) is 17.6 Å². The van der Waals surface area contributed by atoms with E-state index in [1.165, 1.54) is 108 Å². The van der Waals surface area contributed by atoms with Crippen molar-refractivity contribution in [1.29, 1.82) is 0 Å². The van der Waals surface area contributed by atoms with E-state index in [0.717, 1.165) is 35.0 Å². The first kappa shape index (κ1) is 29.1. The van der Waals surface area contributed by atoms with E-state index in [1.54, 1.807) is 0 Å². The first-order valence-corrected chi connectivity index (χ1v) is 15.2. The number of rotatable bonds is 20. The van der Waals surface area contributed by atoms with Gasteiger partial charge in [-0.2, -0.15) is 0 Å². The highest BCUT2D eigenvalue weighted by Crippen LogP contribution is 2.27. The number of nitrogens with zero attached hydrogens (tertiary/aromatic N) is 1. The van der Waals surface area contributed by atoms with Crippen molar-refractivity contribution in [2.24, 2.45) is 4.99 Å². The minimum Gasteiger partial charge on any atom is -0.492 e. The fourth-order valence-electron chi connectivity index (χ4n) is 5.19. The summed E-state index contributed by atoms with van der Waals surface area (Å²) in [6.07, 6.45) is 27.4. The van der Waals surface area contributed by atoms with Crippen molar-refractivity contribution in [2.45, 2.75) is 124 Å². The predicted octanol–water partition coefficient (Wildman–Crippen LogP) is 9.69. The number of aromatic amines is 2. The molecular weight excluding hydrogens is 454 g/mol. The van der Waals surface area contributed by atoms with Crippen LogP contribution in [0.4, 0.5) is 0 Å². The van der Waals surface area contributed by atoms with Crippen LogP contribution in [0.3, 0.4) is 0 Å². The Labute approximate surface area is 226 Å². The van der Waals surface area contributed by atoms with E-state index in [4.69, 9.17) is 9.73 Å². The maximum atomic E-state index is 5.94. The highest BCUT2D eigenvalue weighted by Gasteiger charge is 2.18.